The van der Waals surface area contributed by atoms with Crippen molar-refractivity contribution in [1.29, 1.82) is 0 Å². The summed E-state index contributed by atoms with van der Waals surface area (Å²) in [4.78, 5) is 0. The highest BCUT2D eigenvalue weighted by Gasteiger charge is 2.19. The van der Waals surface area contributed by atoms with Crippen LogP contribution in [0.1, 0.15) is 11.6 Å². The molecule has 0 heterocycles. The molecule has 2 atom stereocenters. The van der Waals surface area contributed by atoms with E-state index in [0.717, 1.165) is 17.0 Å². The quantitative estimate of drug-likeness (QED) is 0.792. The van der Waals surface area contributed by atoms with Crippen LogP contribution in [0.4, 0.5) is 5.69 Å². The highest BCUT2D eigenvalue weighted by Crippen LogP contribution is 2.25. The summed E-state index contributed by atoms with van der Waals surface area (Å²) in [5.41, 5.74) is 2.00. The predicted octanol–water partition coefficient (Wildman–Crippen LogP) is 3.60. The van der Waals surface area contributed by atoms with E-state index >= 15 is 0 Å². The highest BCUT2D eigenvalue weighted by atomic mass is 79.9. The number of hydrogen-bond donors (Lipinski definition) is 2. The van der Waals surface area contributed by atoms with Gasteiger partial charge >= 0.3 is 0 Å². The number of halogens is 1. The Balaban J connectivity index is 2.19. The van der Waals surface area contributed by atoms with E-state index in [1.165, 1.54) is 0 Å². The molecule has 2 N–H and O–H groups in total. The molecule has 0 aliphatic carbocycles. The van der Waals surface area contributed by atoms with Gasteiger partial charge in [0, 0.05) is 11.0 Å². The molecular weight excluding hydrogens is 318 g/mol. The minimum atomic E-state index is -0.514. The first kappa shape index (κ1) is 14.9. The van der Waals surface area contributed by atoms with Gasteiger partial charge in [-0.25, -0.2) is 0 Å². The maximum atomic E-state index is 10.2. The molecule has 0 aliphatic heterocycles. The average Bonchev–Trinajstić information content (AvgIpc) is 2.53. The summed E-state index contributed by atoms with van der Waals surface area (Å²) in [5, 5.41) is 14.1. The van der Waals surface area contributed by atoms with Crippen molar-refractivity contribution in [2.45, 2.75) is 12.1 Å². The molecule has 2 aromatic rings. The number of alkyl halides is 1. The average molecular weight is 336 g/mol. The van der Waals surface area contributed by atoms with E-state index in [9.17, 15) is 5.11 Å². The topological polar surface area (TPSA) is 41.5 Å². The maximum absolute atomic E-state index is 10.2. The molecule has 2 aromatic carbocycles. The minimum absolute atomic E-state index is 0.163. The summed E-state index contributed by atoms with van der Waals surface area (Å²) in [7, 11) is 1.64. The molecular formula is C16H18BrNO2. The molecule has 0 saturated carbocycles. The van der Waals surface area contributed by atoms with Gasteiger partial charge in [0.05, 0.1) is 19.3 Å². The van der Waals surface area contributed by atoms with Crippen LogP contribution in [-0.2, 0) is 0 Å². The molecule has 0 saturated heterocycles. The molecule has 0 bridgehead atoms. The lowest BCUT2D eigenvalue weighted by Crippen LogP contribution is -2.26. The Morgan fingerprint density at radius 1 is 1.10 bits per heavy atom. The number of rotatable bonds is 6. The largest absolute Gasteiger partial charge is 0.497 e. The number of anilines is 1. The van der Waals surface area contributed by atoms with Gasteiger partial charge in [-0.1, -0.05) is 46.3 Å². The lowest BCUT2D eigenvalue weighted by molar-refractivity contribution is 0.178. The van der Waals surface area contributed by atoms with Crippen molar-refractivity contribution < 1.29 is 9.84 Å². The fourth-order valence-electron chi connectivity index (χ4n) is 2.02. The number of ether oxygens (including phenoxy) is 1. The van der Waals surface area contributed by atoms with Crippen molar-refractivity contribution in [3.8, 4) is 5.75 Å². The van der Waals surface area contributed by atoms with Crippen LogP contribution < -0.4 is 10.1 Å². The van der Waals surface area contributed by atoms with Gasteiger partial charge in [-0.05, 0) is 29.8 Å². The number of aliphatic hydroxyl groups excluding tert-OH is 1. The zero-order chi connectivity index (χ0) is 14.4. The van der Waals surface area contributed by atoms with Gasteiger partial charge in [-0.2, -0.15) is 0 Å². The molecule has 0 amide bonds. The first-order valence-corrected chi connectivity index (χ1v) is 7.56. The van der Waals surface area contributed by atoms with Crippen LogP contribution in [0.25, 0.3) is 0 Å². The first-order chi connectivity index (χ1) is 9.74. The normalized spacial score (nSPS) is 13.6. The molecule has 0 aliphatic rings. The van der Waals surface area contributed by atoms with Gasteiger partial charge in [0.15, 0.2) is 0 Å². The minimum Gasteiger partial charge on any atom is -0.497 e. The number of nitrogens with one attached hydrogen (secondary N) is 1. The van der Waals surface area contributed by atoms with E-state index in [4.69, 9.17) is 4.74 Å². The van der Waals surface area contributed by atoms with Crippen LogP contribution in [0.3, 0.4) is 0 Å². The smallest absolute Gasteiger partial charge is 0.119 e. The maximum Gasteiger partial charge on any atom is 0.119 e. The van der Waals surface area contributed by atoms with Crippen molar-refractivity contribution in [1.82, 2.24) is 0 Å². The Labute approximate surface area is 127 Å². The van der Waals surface area contributed by atoms with E-state index in [-0.39, 0.29) is 6.04 Å². The van der Waals surface area contributed by atoms with Crippen LogP contribution in [-0.4, -0.2) is 23.7 Å². The van der Waals surface area contributed by atoms with E-state index in [1.807, 2.05) is 54.6 Å². The van der Waals surface area contributed by atoms with E-state index in [2.05, 4.69) is 21.2 Å². The zero-order valence-corrected chi connectivity index (χ0v) is 12.9. The number of hydrogen-bond acceptors (Lipinski definition) is 3. The summed E-state index contributed by atoms with van der Waals surface area (Å²) in [6, 6.07) is 17.4. The second-order valence-electron chi connectivity index (χ2n) is 4.48. The second kappa shape index (κ2) is 7.31. The van der Waals surface area contributed by atoms with Crippen LogP contribution in [0.5, 0.6) is 5.75 Å². The predicted molar refractivity (Wildman–Crippen MR) is 85.6 cm³/mol. The first-order valence-electron chi connectivity index (χ1n) is 6.44. The van der Waals surface area contributed by atoms with Crippen LogP contribution >= 0.6 is 15.9 Å². The monoisotopic (exact) mass is 335 g/mol. The van der Waals surface area contributed by atoms with Gasteiger partial charge in [-0.3, -0.25) is 0 Å². The SMILES string of the molecule is COc1ccc(N[C@H](c2ccccc2)[C@@H](O)CBr)cc1. The molecule has 2 rings (SSSR count). The summed E-state index contributed by atoms with van der Waals surface area (Å²) in [5.74, 6) is 0.813. The fraction of sp³-hybridized carbons (Fsp3) is 0.250. The molecule has 4 heteroatoms. The molecule has 106 valence electrons. The molecule has 0 unspecified atom stereocenters. The summed E-state index contributed by atoms with van der Waals surface area (Å²) in [6.07, 6.45) is -0.514. The zero-order valence-electron chi connectivity index (χ0n) is 11.3. The van der Waals surface area contributed by atoms with Crippen molar-refractivity contribution in [2.24, 2.45) is 0 Å². The van der Waals surface area contributed by atoms with Gasteiger partial charge in [0.1, 0.15) is 5.75 Å². The lowest BCUT2D eigenvalue weighted by atomic mass is 10.0. The Kier molecular flexibility index (Phi) is 5.44. The third-order valence-electron chi connectivity index (χ3n) is 3.11. The van der Waals surface area contributed by atoms with Crippen LogP contribution in [0, 0.1) is 0 Å². The fourth-order valence-corrected chi connectivity index (χ4v) is 2.39. The molecule has 0 spiro atoms. The summed E-state index contributed by atoms with van der Waals surface area (Å²) < 4.78 is 5.14. The summed E-state index contributed by atoms with van der Waals surface area (Å²) >= 11 is 3.34. The number of methoxy groups -OCH3 is 1. The number of benzene rings is 2. The Morgan fingerprint density at radius 2 is 1.75 bits per heavy atom. The third-order valence-corrected chi connectivity index (χ3v) is 3.78. The molecule has 3 nitrogen and oxygen atoms in total. The summed E-state index contributed by atoms with van der Waals surface area (Å²) in [6.45, 7) is 0. The molecule has 0 fully saturated rings. The van der Waals surface area contributed by atoms with Crippen molar-refractivity contribution >= 4 is 21.6 Å². The Bertz CT molecular complexity index is 516. The molecule has 0 radical (unpaired) electrons. The highest BCUT2D eigenvalue weighted by molar-refractivity contribution is 9.09. The Morgan fingerprint density at radius 3 is 2.30 bits per heavy atom. The standard InChI is InChI=1S/C16H18BrNO2/c1-20-14-9-7-13(8-10-14)18-16(15(19)11-17)12-5-3-2-4-6-12/h2-10,15-16,18-19H,11H2,1H3/t15-,16+/m0/s1. The Hall–Kier alpha value is -1.52. The van der Waals surface area contributed by atoms with E-state index in [1.54, 1.807) is 7.11 Å². The van der Waals surface area contributed by atoms with Crippen LogP contribution in [0.2, 0.25) is 0 Å². The number of aliphatic hydroxyl groups is 1. The molecule has 0 aromatic heterocycles. The van der Waals surface area contributed by atoms with Gasteiger partial charge in [-0.15, -0.1) is 0 Å². The van der Waals surface area contributed by atoms with Gasteiger partial charge in [0.25, 0.3) is 0 Å². The van der Waals surface area contributed by atoms with Crippen LogP contribution in [0.15, 0.2) is 54.6 Å². The van der Waals surface area contributed by atoms with Gasteiger partial charge < -0.3 is 15.2 Å². The third kappa shape index (κ3) is 3.74. The van der Waals surface area contributed by atoms with Gasteiger partial charge in [0.2, 0.25) is 0 Å². The second-order valence-corrected chi connectivity index (χ2v) is 5.13. The van der Waals surface area contributed by atoms with E-state index in [0.29, 0.717) is 5.33 Å². The van der Waals surface area contributed by atoms with Crippen molar-refractivity contribution in [3.05, 3.63) is 60.2 Å². The van der Waals surface area contributed by atoms with Crippen molar-refractivity contribution in [2.75, 3.05) is 17.8 Å². The van der Waals surface area contributed by atoms with Crippen molar-refractivity contribution in [3.63, 3.8) is 0 Å². The van der Waals surface area contributed by atoms with E-state index < -0.39 is 6.10 Å². The molecule has 20 heavy (non-hydrogen) atoms. The lowest BCUT2D eigenvalue weighted by Gasteiger charge is -2.24.